The SMILES string of the molecule is CCOC(=O)C1=C(C)NC(C)=C(C(=O)OCC)C1c1ccc(OCc2ccc(Br)cc2)cc1. The molecule has 6 nitrogen and oxygen atoms in total. The number of nitrogens with one attached hydrogen (secondary N) is 1. The summed E-state index contributed by atoms with van der Waals surface area (Å²) in [5, 5.41) is 3.14. The molecule has 0 radical (unpaired) electrons. The highest BCUT2D eigenvalue weighted by Gasteiger charge is 2.37. The van der Waals surface area contributed by atoms with Crippen molar-refractivity contribution in [1.29, 1.82) is 0 Å². The monoisotopic (exact) mass is 513 g/mol. The van der Waals surface area contributed by atoms with Crippen LogP contribution in [0.25, 0.3) is 0 Å². The normalized spacial score (nSPS) is 14.1. The fraction of sp³-hybridized carbons (Fsp3) is 0.308. The molecule has 0 aromatic heterocycles. The summed E-state index contributed by atoms with van der Waals surface area (Å²) >= 11 is 3.43. The Labute approximate surface area is 202 Å². The molecule has 1 N–H and O–H groups in total. The number of hydrogen-bond donors (Lipinski definition) is 1. The van der Waals surface area contributed by atoms with Gasteiger partial charge < -0.3 is 19.5 Å². The summed E-state index contributed by atoms with van der Waals surface area (Å²) in [6.07, 6.45) is 0. The predicted molar refractivity (Wildman–Crippen MR) is 129 cm³/mol. The molecule has 7 heteroatoms. The Morgan fingerprint density at radius 3 is 1.85 bits per heavy atom. The summed E-state index contributed by atoms with van der Waals surface area (Å²) in [7, 11) is 0. The second-order valence-electron chi connectivity index (χ2n) is 7.56. The van der Waals surface area contributed by atoms with Crippen molar-refractivity contribution in [3.05, 3.63) is 86.7 Å². The number of carbonyl (C=O) groups excluding carboxylic acids is 2. The molecule has 2 aromatic carbocycles. The second-order valence-corrected chi connectivity index (χ2v) is 8.48. The third-order valence-corrected chi connectivity index (χ3v) is 5.81. The van der Waals surface area contributed by atoms with Gasteiger partial charge in [-0.15, -0.1) is 0 Å². The third-order valence-electron chi connectivity index (χ3n) is 5.28. The van der Waals surface area contributed by atoms with Gasteiger partial charge in [-0.1, -0.05) is 40.2 Å². The van der Waals surface area contributed by atoms with Crippen molar-refractivity contribution >= 4 is 27.9 Å². The van der Waals surface area contributed by atoms with Crippen molar-refractivity contribution in [2.24, 2.45) is 0 Å². The molecular formula is C26H28BrNO5. The van der Waals surface area contributed by atoms with E-state index in [0.717, 1.165) is 15.6 Å². The predicted octanol–water partition coefficient (Wildman–Crippen LogP) is 5.39. The Hall–Kier alpha value is -3.06. The van der Waals surface area contributed by atoms with E-state index in [4.69, 9.17) is 14.2 Å². The highest BCUT2D eigenvalue weighted by atomic mass is 79.9. The lowest BCUT2D eigenvalue weighted by atomic mass is 9.80. The molecule has 0 aliphatic carbocycles. The molecule has 0 fully saturated rings. The summed E-state index contributed by atoms with van der Waals surface area (Å²) in [5.74, 6) is -0.841. The lowest BCUT2D eigenvalue weighted by Gasteiger charge is -2.30. The van der Waals surface area contributed by atoms with Gasteiger partial charge in [-0.25, -0.2) is 9.59 Å². The van der Waals surface area contributed by atoms with Gasteiger partial charge in [0.15, 0.2) is 0 Å². The fourth-order valence-corrected chi connectivity index (χ4v) is 4.05. The van der Waals surface area contributed by atoms with Crippen LogP contribution in [-0.4, -0.2) is 25.2 Å². The smallest absolute Gasteiger partial charge is 0.336 e. The first-order valence-electron chi connectivity index (χ1n) is 10.9. The average molecular weight is 514 g/mol. The van der Waals surface area contributed by atoms with E-state index < -0.39 is 17.9 Å². The highest BCUT2D eigenvalue weighted by Crippen LogP contribution is 2.39. The Balaban J connectivity index is 1.92. The molecule has 1 aliphatic heterocycles. The first kappa shape index (κ1) is 24.6. The maximum absolute atomic E-state index is 12.9. The Kier molecular flexibility index (Phi) is 8.33. The van der Waals surface area contributed by atoms with E-state index in [0.29, 0.717) is 34.9 Å². The minimum atomic E-state index is -0.607. The van der Waals surface area contributed by atoms with Crippen LogP contribution < -0.4 is 10.1 Å². The van der Waals surface area contributed by atoms with E-state index in [1.165, 1.54) is 0 Å². The molecule has 0 saturated carbocycles. The average Bonchev–Trinajstić information content (AvgIpc) is 2.79. The van der Waals surface area contributed by atoms with Crippen LogP contribution in [0.1, 0.15) is 44.7 Å². The van der Waals surface area contributed by atoms with Gasteiger partial charge in [-0.05, 0) is 63.1 Å². The summed E-state index contributed by atoms with van der Waals surface area (Å²) in [6.45, 7) is 8.03. The lowest BCUT2D eigenvalue weighted by molar-refractivity contribution is -0.139. The zero-order valence-electron chi connectivity index (χ0n) is 19.2. The molecule has 0 unspecified atom stereocenters. The van der Waals surface area contributed by atoms with E-state index in [1.54, 1.807) is 27.7 Å². The molecule has 174 valence electrons. The zero-order chi connectivity index (χ0) is 24.0. The number of ether oxygens (including phenoxy) is 3. The van der Waals surface area contributed by atoms with E-state index >= 15 is 0 Å². The first-order valence-corrected chi connectivity index (χ1v) is 11.6. The molecular weight excluding hydrogens is 486 g/mol. The molecule has 2 aromatic rings. The number of benzene rings is 2. The minimum Gasteiger partial charge on any atom is -0.489 e. The summed E-state index contributed by atoms with van der Waals surface area (Å²) in [6, 6.07) is 15.3. The summed E-state index contributed by atoms with van der Waals surface area (Å²) in [4.78, 5) is 25.7. The second kappa shape index (κ2) is 11.2. The number of rotatable bonds is 8. The van der Waals surface area contributed by atoms with Crippen molar-refractivity contribution in [3.8, 4) is 5.75 Å². The quantitative estimate of drug-likeness (QED) is 0.477. The topological polar surface area (TPSA) is 73.9 Å². The van der Waals surface area contributed by atoms with Crippen molar-refractivity contribution < 1.29 is 23.8 Å². The van der Waals surface area contributed by atoms with Crippen LogP contribution in [0.5, 0.6) is 5.75 Å². The Morgan fingerprint density at radius 2 is 1.36 bits per heavy atom. The van der Waals surface area contributed by atoms with Crippen molar-refractivity contribution in [1.82, 2.24) is 5.32 Å². The van der Waals surface area contributed by atoms with Gasteiger partial charge in [0.1, 0.15) is 12.4 Å². The van der Waals surface area contributed by atoms with E-state index in [-0.39, 0.29) is 13.2 Å². The van der Waals surface area contributed by atoms with Crippen LogP contribution in [-0.2, 0) is 25.7 Å². The van der Waals surface area contributed by atoms with Crippen LogP contribution in [0.3, 0.4) is 0 Å². The number of halogens is 1. The van der Waals surface area contributed by atoms with Crippen LogP contribution >= 0.6 is 15.9 Å². The van der Waals surface area contributed by atoms with E-state index in [9.17, 15) is 9.59 Å². The third kappa shape index (κ3) is 5.85. The van der Waals surface area contributed by atoms with Crippen LogP contribution in [0, 0.1) is 0 Å². The summed E-state index contributed by atoms with van der Waals surface area (Å²) in [5.41, 5.74) is 3.92. The van der Waals surface area contributed by atoms with Gasteiger partial charge in [-0.3, -0.25) is 0 Å². The Bertz CT molecular complexity index is 1030. The van der Waals surface area contributed by atoms with E-state index in [2.05, 4.69) is 21.2 Å². The highest BCUT2D eigenvalue weighted by molar-refractivity contribution is 9.10. The maximum Gasteiger partial charge on any atom is 0.336 e. The first-order chi connectivity index (χ1) is 15.8. The van der Waals surface area contributed by atoms with Gasteiger partial charge in [0, 0.05) is 15.9 Å². The van der Waals surface area contributed by atoms with Crippen molar-refractivity contribution in [2.75, 3.05) is 13.2 Å². The number of hydrogen-bond acceptors (Lipinski definition) is 6. The number of dihydropyridines is 1. The van der Waals surface area contributed by atoms with Gasteiger partial charge in [0.25, 0.3) is 0 Å². The van der Waals surface area contributed by atoms with Gasteiger partial charge in [0.05, 0.1) is 30.3 Å². The van der Waals surface area contributed by atoms with Gasteiger partial charge in [-0.2, -0.15) is 0 Å². The molecule has 3 rings (SSSR count). The molecule has 33 heavy (non-hydrogen) atoms. The molecule has 0 bridgehead atoms. The largest absolute Gasteiger partial charge is 0.489 e. The van der Waals surface area contributed by atoms with Crippen LogP contribution in [0.4, 0.5) is 0 Å². The molecule has 1 heterocycles. The minimum absolute atomic E-state index is 0.239. The van der Waals surface area contributed by atoms with Crippen LogP contribution in [0.2, 0.25) is 0 Å². The Morgan fingerprint density at radius 1 is 0.848 bits per heavy atom. The lowest BCUT2D eigenvalue weighted by Crippen LogP contribution is -2.32. The molecule has 0 atom stereocenters. The molecule has 0 amide bonds. The molecule has 1 aliphatic rings. The van der Waals surface area contributed by atoms with Crippen LogP contribution in [0.15, 0.2) is 75.5 Å². The van der Waals surface area contributed by atoms with Gasteiger partial charge in [0.2, 0.25) is 0 Å². The molecule has 0 saturated heterocycles. The number of allylic oxidation sites excluding steroid dienone is 2. The standard InChI is InChI=1S/C26H28BrNO5/c1-5-31-25(29)22-16(3)28-17(4)23(26(30)32-6-2)24(22)19-9-13-21(14-10-19)33-15-18-7-11-20(27)12-8-18/h7-14,24,28H,5-6,15H2,1-4H3. The van der Waals surface area contributed by atoms with Crippen molar-refractivity contribution in [3.63, 3.8) is 0 Å². The fourth-order valence-electron chi connectivity index (χ4n) is 3.79. The maximum atomic E-state index is 12.9. The van der Waals surface area contributed by atoms with Gasteiger partial charge >= 0.3 is 11.9 Å². The number of carbonyl (C=O) groups is 2. The number of esters is 2. The summed E-state index contributed by atoms with van der Waals surface area (Å²) < 4.78 is 17.5. The van der Waals surface area contributed by atoms with Crippen molar-refractivity contribution in [2.45, 2.75) is 40.2 Å². The molecule has 0 spiro atoms. The zero-order valence-corrected chi connectivity index (χ0v) is 20.8. The van der Waals surface area contributed by atoms with E-state index in [1.807, 2.05) is 48.5 Å².